The van der Waals surface area contributed by atoms with E-state index in [0.717, 1.165) is 11.1 Å². The molecule has 1 aromatic rings. The lowest BCUT2D eigenvalue weighted by molar-refractivity contribution is 0.0542. The number of hydrogen-bond acceptors (Lipinski definition) is 2. The highest BCUT2D eigenvalue weighted by molar-refractivity contribution is 5.91. The van der Waals surface area contributed by atoms with Crippen LogP contribution in [0, 0.1) is 6.92 Å². The van der Waals surface area contributed by atoms with Crippen molar-refractivity contribution in [2.45, 2.75) is 13.8 Å². The summed E-state index contributed by atoms with van der Waals surface area (Å²) in [5, 5.41) is 0. The molecule has 0 saturated carbocycles. The molecule has 0 fully saturated rings. The third-order valence-corrected chi connectivity index (χ3v) is 2.55. The number of allylic oxidation sites excluding steroid dienone is 3. The second-order valence-corrected chi connectivity index (χ2v) is 3.85. The zero-order valence-corrected chi connectivity index (χ0v) is 10.8. The molecule has 0 aromatic heterocycles. The molecule has 0 N–H and O–H groups in total. The molecule has 1 aromatic carbocycles. The minimum Gasteiger partial charge on any atom is -0.457 e. The summed E-state index contributed by atoms with van der Waals surface area (Å²) in [5.41, 5.74) is 2.48. The van der Waals surface area contributed by atoms with Crippen molar-refractivity contribution in [2.75, 3.05) is 6.61 Å². The van der Waals surface area contributed by atoms with Gasteiger partial charge in [0.1, 0.15) is 6.61 Å². The van der Waals surface area contributed by atoms with Crippen LogP contribution in [-0.4, -0.2) is 12.6 Å². The lowest BCUT2D eigenvalue weighted by atomic mass is 10.1. The van der Waals surface area contributed by atoms with Gasteiger partial charge in [-0.15, -0.1) is 0 Å². The topological polar surface area (TPSA) is 26.3 Å². The zero-order chi connectivity index (χ0) is 13.4. The highest BCUT2D eigenvalue weighted by Crippen LogP contribution is 2.09. The summed E-state index contributed by atoms with van der Waals surface area (Å²) in [6.45, 7) is 7.67. The van der Waals surface area contributed by atoms with Crippen molar-refractivity contribution in [2.24, 2.45) is 0 Å². The second kappa shape index (κ2) is 7.28. The minimum absolute atomic E-state index is 0.272. The Balaban J connectivity index is 2.64. The first-order valence-corrected chi connectivity index (χ1v) is 5.86. The molecule has 2 heteroatoms. The quantitative estimate of drug-likeness (QED) is 0.579. The zero-order valence-electron chi connectivity index (χ0n) is 10.8. The number of carbonyl (C=O) groups is 1. The summed E-state index contributed by atoms with van der Waals surface area (Å²) < 4.78 is 5.27. The van der Waals surface area contributed by atoms with Crippen LogP contribution in [0.15, 0.2) is 60.7 Å². The first-order chi connectivity index (χ1) is 8.69. The monoisotopic (exact) mass is 242 g/mol. The molecule has 0 bridgehead atoms. The second-order valence-electron chi connectivity index (χ2n) is 3.85. The van der Waals surface area contributed by atoms with Gasteiger partial charge in [-0.1, -0.05) is 49.1 Å². The van der Waals surface area contributed by atoms with E-state index >= 15 is 0 Å². The van der Waals surface area contributed by atoms with Crippen molar-refractivity contribution in [1.29, 1.82) is 0 Å². The van der Waals surface area contributed by atoms with E-state index in [0.29, 0.717) is 5.56 Å². The number of esters is 1. The van der Waals surface area contributed by atoms with Gasteiger partial charge < -0.3 is 4.74 Å². The third-order valence-electron chi connectivity index (χ3n) is 2.55. The first-order valence-electron chi connectivity index (χ1n) is 5.86. The fourth-order valence-corrected chi connectivity index (χ4v) is 1.45. The minimum atomic E-state index is -0.292. The number of carbonyl (C=O) groups excluding carboxylic acids is 1. The summed E-state index contributed by atoms with van der Waals surface area (Å²) in [4.78, 5) is 11.9. The van der Waals surface area contributed by atoms with Crippen molar-refractivity contribution in [1.82, 2.24) is 0 Å². The van der Waals surface area contributed by atoms with Crippen LogP contribution in [0.2, 0.25) is 0 Å². The number of rotatable bonds is 5. The van der Waals surface area contributed by atoms with Crippen LogP contribution in [0.4, 0.5) is 0 Å². The van der Waals surface area contributed by atoms with Crippen LogP contribution in [0.3, 0.4) is 0 Å². The van der Waals surface area contributed by atoms with Gasteiger partial charge in [0.05, 0.1) is 5.56 Å². The molecule has 0 aliphatic heterocycles. The smallest absolute Gasteiger partial charge is 0.338 e. The SMILES string of the molecule is C=C/C=C\C(=C/C)COC(=O)c1ccccc1C. The Labute approximate surface area is 108 Å². The van der Waals surface area contributed by atoms with Gasteiger partial charge in [0.25, 0.3) is 0 Å². The molecule has 0 amide bonds. The molecular weight excluding hydrogens is 224 g/mol. The van der Waals surface area contributed by atoms with Gasteiger partial charge in [-0.2, -0.15) is 0 Å². The predicted molar refractivity (Wildman–Crippen MR) is 74.6 cm³/mol. The number of hydrogen-bond donors (Lipinski definition) is 0. The van der Waals surface area contributed by atoms with Crippen LogP contribution in [0.1, 0.15) is 22.8 Å². The van der Waals surface area contributed by atoms with E-state index < -0.39 is 0 Å². The van der Waals surface area contributed by atoms with Crippen LogP contribution in [0.5, 0.6) is 0 Å². The molecule has 0 unspecified atom stereocenters. The standard InChI is InChI=1S/C16H18O2/c1-4-6-10-14(5-2)12-18-16(17)15-11-8-7-9-13(15)3/h4-11H,1,12H2,2-3H3/b10-6-,14-5+. The molecule has 0 heterocycles. The van der Waals surface area contributed by atoms with Crippen LogP contribution in [0.25, 0.3) is 0 Å². The van der Waals surface area contributed by atoms with E-state index in [1.807, 2.05) is 50.3 Å². The Bertz CT molecular complexity index is 482. The van der Waals surface area contributed by atoms with Gasteiger partial charge in [-0.3, -0.25) is 0 Å². The van der Waals surface area contributed by atoms with E-state index in [9.17, 15) is 4.79 Å². The van der Waals surface area contributed by atoms with Crippen molar-refractivity contribution in [3.05, 3.63) is 71.8 Å². The van der Waals surface area contributed by atoms with E-state index in [1.54, 1.807) is 12.1 Å². The lowest BCUT2D eigenvalue weighted by Crippen LogP contribution is -2.08. The summed E-state index contributed by atoms with van der Waals surface area (Å²) in [7, 11) is 0. The first kappa shape index (κ1) is 14.0. The molecule has 0 aliphatic rings. The molecule has 1 rings (SSSR count). The van der Waals surface area contributed by atoms with Gasteiger partial charge in [0.15, 0.2) is 0 Å². The highest BCUT2D eigenvalue weighted by atomic mass is 16.5. The fourth-order valence-electron chi connectivity index (χ4n) is 1.45. The van der Waals surface area contributed by atoms with E-state index in [-0.39, 0.29) is 12.6 Å². The largest absolute Gasteiger partial charge is 0.457 e. The fraction of sp³-hybridized carbons (Fsp3) is 0.188. The van der Waals surface area contributed by atoms with Crippen LogP contribution < -0.4 is 0 Å². The summed E-state index contributed by atoms with van der Waals surface area (Å²) in [5.74, 6) is -0.292. The normalized spacial score (nSPS) is 11.6. The molecule has 2 nitrogen and oxygen atoms in total. The van der Waals surface area contributed by atoms with Crippen molar-refractivity contribution in [3.8, 4) is 0 Å². The summed E-state index contributed by atoms with van der Waals surface area (Å²) in [6.07, 6.45) is 7.28. The molecule has 0 aliphatic carbocycles. The number of benzene rings is 1. The van der Waals surface area contributed by atoms with Gasteiger partial charge in [-0.25, -0.2) is 4.79 Å². The van der Waals surface area contributed by atoms with Crippen LogP contribution >= 0.6 is 0 Å². The van der Waals surface area contributed by atoms with Crippen molar-refractivity contribution < 1.29 is 9.53 Å². The van der Waals surface area contributed by atoms with Crippen molar-refractivity contribution in [3.63, 3.8) is 0 Å². The Morgan fingerprint density at radius 1 is 1.39 bits per heavy atom. The maximum atomic E-state index is 11.9. The summed E-state index contributed by atoms with van der Waals surface area (Å²) >= 11 is 0. The van der Waals surface area contributed by atoms with Gasteiger partial charge in [0.2, 0.25) is 0 Å². The Morgan fingerprint density at radius 2 is 2.11 bits per heavy atom. The molecular formula is C16H18O2. The highest BCUT2D eigenvalue weighted by Gasteiger charge is 2.09. The maximum Gasteiger partial charge on any atom is 0.338 e. The maximum absolute atomic E-state index is 11.9. The molecule has 0 atom stereocenters. The molecule has 0 saturated heterocycles. The predicted octanol–water partition coefficient (Wildman–Crippen LogP) is 3.84. The average Bonchev–Trinajstić information content (AvgIpc) is 2.39. The number of ether oxygens (including phenoxy) is 1. The molecule has 0 spiro atoms. The lowest BCUT2D eigenvalue weighted by Gasteiger charge is -2.07. The third kappa shape index (κ3) is 4.06. The summed E-state index contributed by atoms with van der Waals surface area (Å²) in [6, 6.07) is 7.39. The molecule has 0 radical (unpaired) electrons. The number of aryl methyl sites for hydroxylation is 1. The van der Waals surface area contributed by atoms with E-state index in [2.05, 4.69) is 6.58 Å². The molecule has 18 heavy (non-hydrogen) atoms. The average molecular weight is 242 g/mol. The Morgan fingerprint density at radius 3 is 2.72 bits per heavy atom. The Kier molecular flexibility index (Phi) is 5.65. The van der Waals surface area contributed by atoms with Gasteiger partial charge in [-0.05, 0) is 31.1 Å². The van der Waals surface area contributed by atoms with Crippen LogP contribution in [-0.2, 0) is 4.74 Å². The van der Waals surface area contributed by atoms with E-state index in [1.165, 1.54) is 0 Å². The van der Waals surface area contributed by atoms with E-state index in [4.69, 9.17) is 4.74 Å². The molecule has 94 valence electrons. The Hall–Kier alpha value is -2.09. The van der Waals surface area contributed by atoms with Crippen molar-refractivity contribution >= 4 is 5.97 Å². The van der Waals surface area contributed by atoms with Gasteiger partial charge >= 0.3 is 5.97 Å². The van der Waals surface area contributed by atoms with Gasteiger partial charge in [0, 0.05) is 0 Å².